The highest BCUT2D eigenvalue weighted by Gasteiger charge is 2.07. The van der Waals surface area contributed by atoms with Crippen molar-refractivity contribution in [2.75, 3.05) is 6.61 Å². The predicted octanol–water partition coefficient (Wildman–Crippen LogP) is 3.75. The van der Waals surface area contributed by atoms with E-state index in [0.29, 0.717) is 31.1 Å². The van der Waals surface area contributed by atoms with E-state index in [-0.39, 0.29) is 5.91 Å². The van der Waals surface area contributed by atoms with E-state index in [1.165, 1.54) is 11.7 Å². The van der Waals surface area contributed by atoms with Crippen LogP contribution in [0, 0.1) is 6.92 Å². The molecule has 0 aliphatic carbocycles. The summed E-state index contributed by atoms with van der Waals surface area (Å²) in [7, 11) is 0. The highest BCUT2D eigenvalue weighted by molar-refractivity contribution is 6.99. The zero-order valence-electron chi connectivity index (χ0n) is 15.3. The fourth-order valence-corrected chi connectivity index (χ4v) is 2.94. The second kappa shape index (κ2) is 9.14. The second-order valence-electron chi connectivity index (χ2n) is 5.87. The summed E-state index contributed by atoms with van der Waals surface area (Å²) in [6.45, 7) is 5.31. The molecule has 1 amide bonds. The van der Waals surface area contributed by atoms with Crippen LogP contribution in [0.15, 0.2) is 48.5 Å². The van der Waals surface area contributed by atoms with Gasteiger partial charge in [-0.2, -0.15) is 8.75 Å². The summed E-state index contributed by atoms with van der Waals surface area (Å²) < 4.78 is 19.4. The monoisotopic (exact) mass is 383 g/mol. The lowest BCUT2D eigenvalue weighted by atomic mass is 10.2. The van der Waals surface area contributed by atoms with Gasteiger partial charge in [0.1, 0.15) is 23.8 Å². The summed E-state index contributed by atoms with van der Waals surface area (Å²) in [6.07, 6.45) is 0. The van der Waals surface area contributed by atoms with E-state index in [1.807, 2.05) is 38.1 Å². The lowest BCUT2D eigenvalue weighted by Gasteiger charge is -2.08. The van der Waals surface area contributed by atoms with Gasteiger partial charge in [-0.15, -0.1) is 0 Å². The van der Waals surface area contributed by atoms with Crippen LogP contribution < -0.4 is 14.8 Å². The Hall–Kier alpha value is -2.93. The molecule has 7 heteroatoms. The van der Waals surface area contributed by atoms with Gasteiger partial charge in [0.25, 0.3) is 5.91 Å². The van der Waals surface area contributed by atoms with E-state index in [9.17, 15) is 4.79 Å². The molecule has 0 spiro atoms. The standard InChI is InChI=1S/C20H21N3O3S/c1-3-25-17-8-4-15(5-9-17)12-21-20(24)16-6-10-18(11-7-16)26-13-19-14(2)22-27-23-19/h4-11H,3,12-13H2,1-2H3,(H,21,24). The van der Waals surface area contributed by atoms with Gasteiger partial charge in [-0.1, -0.05) is 12.1 Å². The molecule has 0 unspecified atom stereocenters. The number of carbonyl (C=O) groups is 1. The number of aromatic nitrogens is 2. The Morgan fingerprint density at radius 3 is 2.30 bits per heavy atom. The third-order valence-corrected chi connectivity index (χ3v) is 4.58. The van der Waals surface area contributed by atoms with Gasteiger partial charge >= 0.3 is 0 Å². The average Bonchev–Trinajstić information content (AvgIpc) is 3.11. The fourth-order valence-electron chi connectivity index (χ4n) is 2.39. The zero-order valence-corrected chi connectivity index (χ0v) is 16.1. The molecule has 0 saturated heterocycles. The Morgan fingerprint density at radius 2 is 1.67 bits per heavy atom. The third kappa shape index (κ3) is 5.27. The predicted molar refractivity (Wildman–Crippen MR) is 104 cm³/mol. The van der Waals surface area contributed by atoms with Gasteiger partial charge in [-0.25, -0.2) is 0 Å². The van der Waals surface area contributed by atoms with Gasteiger partial charge in [-0.05, 0) is 55.8 Å². The van der Waals surface area contributed by atoms with Crippen molar-refractivity contribution >= 4 is 17.6 Å². The summed E-state index contributed by atoms with van der Waals surface area (Å²) >= 11 is 1.17. The van der Waals surface area contributed by atoms with E-state index in [0.717, 1.165) is 22.7 Å². The number of carbonyl (C=O) groups excluding carboxylic acids is 1. The zero-order chi connectivity index (χ0) is 19.1. The van der Waals surface area contributed by atoms with Crippen LogP contribution in [0.3, 0.4) is 0 Å². The summed E-state index contributed by atoms with van der Waals surface area (Å²) in [5.74, 6) is 1.38. The topological polar surface area (TPSA) is 73.3 Å². The number of rotatable bonds is 8. The molecule has 1 aromatic heterocycles. The van der Waals surface area contributed by atoms with Crippen molar-refractivity contribution in [3.05, 3.63) is 71.0 Å². The Bertz CT molecular complexity index is 876. The van der Waals surface area contributed by atoms with Crippen LogP contribution in [-0.4, -0.2) is 21.3 Å². The van der Waals surface area contributed by atoms with Crippen molar-refractivity contribution in [1.82, 2.24) is 14.1 Å². The quantitative estimate of drug-likeness (QED) is 0.641. The molecule has 0 saturated carbocycles. The van der Waals surface area contributed by atoms with Crippen molar-refractivity contribution in [3.8, 4) is 11.5 Å². The third-order valence-electron chi connectivity index (χ3n) is 3.93. The van der Waals surface area contributed by atoms with Gasteiger partial charge in [0.05, 0.1) is 24.0 Å². The molecular formula is C20H21N3O3S. The minimum Gasteiger partial charge on any atom is -0.494 e. The average molecular weight is 383 g/mol. The second-order valence-corrected chi connectivity index (χ2v) is 6.40. The summed E-state index contributed by atoms with van der Waals surface area (Å²) in [5, 5.41) is 2.91. The van der Waals surface area contributed by atoms with E-state index in [2.05, 4.69) is 14.1 Å². The van der Waals surface area contributed by atoms with Gasteiger partial charge in [-0.3, -0.25) is 4.79 Å². The maximum Gasteiger partial charge on any atom is 0.251 e. The number of hydrogen-bond donors (Lipinski definition) is 1. The lowest BCUT2D eigenvalue weighted by molar-refractivity contribution is 0.0951. The Morgan fingerprint density at radius 1 is 1.00 bits per heavy atom. The molecule has 3 aromatic rings. The molecule has 140 valence electrons. The van der Waals surface area contributed by atoms with Crippen molar-refractivity contribution in [1.29, 1.82) is 0 Å². The number of hydrogen-bond acceptors (Lipinski definition) is 6. The summed E-state index contributed by atoms with van der Waals surface area (Å²) in [6, 6.07) is 14.7. The Balaban J connectivity index is 1.50. The van der Waals surface area contributed by atoms with Crippen molar-refractivity contribution in [2.24, 2.45) is 0 Å². The molecule has 0 radical (unpaired) electrons. The highest BCUT2D eigenvalue weighted by atomic mass is 32.1. The molecule has 1 heterocycles. The Kier molecular flexibility index (Phi) is 6.38. The first kappa shape index (κ1) is 18.8. The minimum absolute atomic E-state index is 0.130. The van der Waals surface area contributed by atoms with E-state index < -0.39 is 0 Å². The number of nitrogens with one attached hydrogen (secondary N) is 1. The largest absolute Gasteiger partial charge is 0.494 e. The van der Waals surface area contributed by atoms with Crippen molar-refractivity contribution < 1.29 is 14.3 Å². The van der Waals surface area contributed by atoms with Gasteiger partial charge in [0.2, 0.25) is 0 Å². The number of ether oxygens (including phenoxy) is 2. The number of nitrogens with zero attached hydrogens (tertiary/aromatic N) is 2. The molecule has 0 fully saturated rings. The molecule has 1 N–H and O–H groups in total. The maximum atomic E-state index is 12.3. The first-order valence-corrected chi connectivity index (χ1v) is 9.39. The van der Waals surface area contributed by atoms with Crippen LogP contribution in [-0.2, 0) is 13.2 Å². The molecule has 0 aliphatic rings. The normalized spacial score (nSPS) is 10.4. The van der Waals surface area contributed by atoms with Crippen LogP contribution in [0.5, 0.6) is 11.5 Å². The van der Waals surface area contributed by atoms with Crippen molar-refractivity contribution in [2.45, 2.75) is 27.0 Å². The molecule has 0 bridgehead atoms. The molecule has 2 aromatic carbocycles. The van der Waals surface area contributed by atoms with Gasteiger partial charge in [0.15, 0.2) is 0 Å². The maximum absolute atomic E-state index is 12.3. The molecule has 27 heavy (non-hydrogen) atoms. The molecule has 0 aliphatic heterocycles. The van der Waals surface area contributed by atoms with Gasteiger partial charge in [0, 0.05) is 12.1 Å². The van der Waals surface area contributed by atoms with E-state index in [1.54, 1.807) is 24.3 Å². The SMILES string of the molecule is CCOc1ccc(CNC(=O)c2ccc(OCc3nsnc3C)cc2)cc1. The summed E-state index contributed by atoms with van der Waals surface area (Å²) in [5.41, 5.74) is 3.31. The molecule has 3 rings (SSSR count). The van der Waals surface area contributed by atoms with Crippen LogP contribution >= 0.6 is 11.7 Å². The summed E-state index contributed by atoms with van der Waals surface area (Å²) in [4.78, 5) is 12.3. The molecule has 0 atom stereocenters. The van der Waals surface area contributed by atoms with Crippen LogP contribution in [0.4, 0.5) is 0 Å². The number of aryl methyl sites for hydroxylation is 1. The number of amides is 1. The molecular weight excluding hydrogens is 362 g/mol. The van der Waals surface area contributed by atoms with Crippen LogP contribution in [0.2, 0.25) is 0 Å². The van der Waals surface area contributed by atoms with E-state index in [4.69, 9.17) is 9.47 Å². The van der Waals surface area contributed by atoms with Gasteiger partial charge < -0.3 is 14.8 Å². The molecule has 6 nitrogen and oxygen atoms in total. The lowest BCUT2D eigenvalue weighted by Crippen LogP contribution is -2.22. The fraction of sp³-hybridized carbons (Fsp3) is 0.250. The smallest absolute Gasteiger partial charge is 0.251 e. The van der Waals surface area contributed by atoms with Crippen LogP contribution in [0.1, 0.15) is 34.2 Å². The van der Waals surface area contributed by atoms with Crippen molar-refractivity contribution in [3.63, 3.8) is 0 Å². The minimum atomic E-state index is -0.130. The highest BCUT2D eigenvalue weighted by Crippen LogP contribution is 2.16. The number of benzene rings is 2. The van der Waals surface area contributed by atoms with E-state index >= 15 is 0 Å². The first-order valence-electron chi connectivity index (χ1n) is 8.66. The van der Waals surface area contributed by atoms with Crippen LogP contribution in [0.25, 0.3) is 0 Å². The Labute approximate surface area is 162 Å². The first-order chi connectivity index (χ1) is 13.2.